The van der Waals surface area contributed by atoms with Gasteiger partial charge >= 0.3 is 5.97 Å². The highest BCUT2D eigenvalue weighted by Gasteiger charge is 2.19. The zero-order valence-electron chi connectivity index (χ0n) is 11.8. The Kier molecular flexibility index (Phi) is 5.47. The number of benzene rings is 1. The molecule has 0 amide bonds. The maximum atomic E-state index is 13.7. The van der Waals surface area contributed by atoms with Crippen molar-refractivity contribution in [1.82, 2.24) is 5.32 Å². The molecule has 2 unspecified atom stereocenters. The van der Waals surface area contributed by atoms with Crippen molar-refractivity contribution in [3.05, 3.63) is 58.0 Å². The topological polar surface area (TPSA) is 49.3 Å². The fraction of sp³-hybridized carbons (Fsp3) is 0.312. The third-order valence-corrected chi connectivity index (χ3v) is 4.22. The lowest BCUT2D eigenvalue weighted by atomic mass is 10.0. The SMILES string of the molecule is CC(Cc1ccccc1F)NC(CC(=O)O)c1cccs1. The van der Waals surface area contributed by atoms with Crippen molar-refractivity contribution >= 4 is 17.3 Å². The average Bonchev–Trinajstić information content (AvgIpc) is 2.94. The first kappa shape index (κ1) is 15.7. The fourth-order valence-corrected chi connectivity index (χ4v) is 3.09. The van der Waals surface area contributed by atoms with Gasteiger partial charge in [-0.05, 0) is 36.4 Å². The number of carboxylic acids is 1. The second-order valence-corrected chi connectivity index (χ2v) is 6.01. The van der Waals surface area contributed by atoms with Gasteiger partial charge in [-0.1, -0.05) is 24.3 Å². The molecule has 3 nitrogen and oxygen atoms in total. The average molecular weight is 307 g/mol. The molecule has 0 aliphatic carbocycles. The number of thiophene rings is 1. The van der Waals surface area contributed by atoms with Gasteiger partial charge in [0.1, 0.15) is 5.82 Å². The van der Waals surface area contributed by atoms with Crippen LogP contribution in [0, 0.1) is 5.82 Å². The molecule has 0 spiro atoms. The monoisotopic (exact) mass is 307 g/mol. The van der Waals surface area contributed by atoms with Crippen LogP contribution in [0.4, 0.5) is 4.39 Å². The second-order valence-electron chi connectivity index (χ2n) is 5.03. The summed E-state index contributed by atoms with van der Waals surface area (Å²) in [7, 11) is 0. The summed E-state index contributed by atoms with van der Waals surface area (Å²) in [5, 5.41) is 14.2. The molecule has 2 aromatic rings. The van der Waals surface area contributed by atoms with Gasteiger partial charge in [0.15, 0.2) is 0 Å². The van der Waals surface area contributed by atoms with E-state index < -0.39 is 5.97 Å². The predicted octanol–water partition coefficient (Wildman–Crippen LogP) is 3.62. The molecule has 0 bridgehead atoms. The van der Waals surface area contributed by atoms with E-state index in [1.54, 1.807) is 18.2 Å². The summed E-state index contributed by atoms with van der Waals surface area (Å²) in [5.41, 5.74) is 0.637. The summed E-state index contributed by atoms with van der Waals surface area (Å²) >= 11 is 1.52. The Bertz CT molecular complexity index is 586. The van der Waals surface area contributed by atoms with E-state index in [0.29, 0.717) is 12.0 Å². The van der Waals surface area contributed by atoms with E-state index in [2.05, 4.69) is 5.32 Å². The highest BCUT2D eigenvalue weighted by atomic mass is 32.1. The van der Waals surface area contributed by atoms with Crippen LogP contribution in [0.5, 0.6) is 0 Å². The van der Waals surface area contributed by atoms with Gasteiger partial charge in [-0.3, -0.25) is 4.79 Å². The number of aliphatic carboxylic acids is 1. The zero-order valence-corrected chi connectivity index (χ0v) is 12.6. The Hall–Kier alpha value is -1.72. The van der Waals surface area contributed by atoms with Gasteiger partial charge in [0.05, 0.1) is 12.5 Å². The minimum Gasteiger partial charge on any atom is -0.481 e. The van der Waals surface area contributed by atoms with Crippen LogP contribution in [-0.4, -0.2) is 17.1 Å². The molecule has 1 heterocycles. The summed E-state index contributed by atoms with van der Waals surface area (Å²) in [5.74, 6) is -1.07. The number of hydrogen-bond donors (Lipinski definition) is 2. The van der Waals surface area contributed by atoms with E-state index in [9.17, 15) is 9.18 Å². The Morgan fingerprint density at radius 1 is 1.33 bits per heavy atom. The molecule has 0 saturated heterocycles. The summed E-state index contributed by atoms with van der Waals surface area (Å²) in [6.45, 7) is 1.94. The maximum absolute atomic E-state index is 13.7. The molecule has 2 atom stereocenters. The van der Waals surface area contributed by atoms with Crippen LogP contribution in [-0.2, 0) is 11.2 Å². The van der Waals surface area contributed by atoms with Gasteiger partial charge in [-0.2, -0.15) is 0 Å². The first-order valence-electron chi connectivity index (χ1n) is 6.81. The minimum absolute atomic E-state index is 0.0160. The Balaban J connectivity index is 2.03. The molecule has 112 valence electrons. The molecule has 0 aliphatic rings. The fourth-order valence-electron chi connectivity index (χ4n) is 2.30. The second kappa shape index (κ2) is 7.33. The zero-order chi connectivity index (χ0) is 15.2. The van der Waals surface area contributed by atoms with E-state index >= 15 is 0 Å². The largest absolute Gasteiger partial charge is 0.481 e. The highest BCUT2D eigenvalue weighted by Crippen LogP contribution is 2.23. The van der Waals surface area contributed by atoms with Crippen molar-refractivity contribution in [3.8, 4) is 0 Å². The number of nitrogens with one attached hydrogen (secondary N) is 1. The summed E-state index contributed by atoms with van der Waals surface area (Å²) in [4.78, 5) is 12.0. The predicted molar refractivity (Wildman–Crippen MR) is 82.0 cm³/mol. The molecule has 0 radical (unpaired) electrons. The van der Waals surface area contributed by atoms with Crippen molar-refractivity contribution < 1.29 is 14.3 Å². The van der Waals surface area contributed by atoms with E-state index in [-0.39, 0.29) is 24.3 Å². The van der Waals surface area contributed by atoms with Crippen molar-refractivity contribution in [2.45, 2.75) is 31.8 Å². The lowest BCUT2D eigenvalue weighted by molar-refractivity contribution is -0.137. The van der Waals surface area contributed by atoms with Gasteiger partial charge in [-0.15, -0.1) is 11.3 Å². The van der Waals surface area contributed by atoms with Gasteiger partial charge in [-0.25, -0.2) is 4.39 Å². The Labute approximate surface area is 127 Å². The van der Waals surface area contributed by atoms with Crippen LogP contribution in [0.2, 0.25) is 0 Å². The Morgan fingerprint density at radius 2 is 2.10 bits per heavy atom. The van der Waals surface area contributed by atoms with Gasteiger partial charge in [0.25, 0.3) is 0 Å². The van der Waals surface area contributed by atoms with E-state index in [4.69, 9.17) is 5.11 Å². The number of rotatable bonds is 7. The lowest BCUT2D eigenvalue weighted by Gasteiger charge is -2.21. The van der Waals surface area contributed by atoms with Crippen molar-refractivity contribution in [2.24, 2.45) is 0 Å². The van der Waals surface area contributed by atoms with E-state index in [1.165, 1.54) is 17.4 Å². The Morgan fingerprint density at radius 3 is 2.71 bits per heavy atom. The molecule has 2 rings (SSSR count). The van der Waals surface area contributed by atoms with Crippen LogP contribution in [0.1, 0.15) is 29.8 Å². The molecular formula is C16H18FNO2S. The summed E-state index contributed by atoms with van der Waals surface area (Å²) in [6.07, 6.45) is 0.538. The molecule has 0 fully saturated rings. The molecule has 5 heteroatoms. The van der Waals surface area contributed by atoms with Crippen molar-refractivity contribution in [1.29, 1.82) is 0 Å². The van der Waals surface area contributed by atoms with E-state index in [1.807, 2.05) is 24.4 Å². The molecule has 0 saturated carbocycles. The maximum Gasteiger partial charge on any atom is 0.305 e. The number of hydrogen-bond acceptors (Lipinski definition) is 3. The molecule has 1 aromatic carbocycles. The lowest BCUT2D eigenvalue weighted by Crippen LogP contribution is -2.33. The van der Waals surface area contributed by atoms with Crippen LogP contribution in [0.3, 0.4) is 0 Å². The number of halogens is 1. The molecule has 1 aromatic heterocycles. The smallest absolute Gasteiger partial charge is 0.305 e. The quantitative estimate of drug-likeness (QED) is 0.821. The van der Waals surface area contributed by atoms with Crippen LogP contribution < -0.4 is 5.32 Å². The molecular weight excluding hydrogens is 289 g/mol. The highest BCUT2D eigenvalue weighted by molar-refractivity contribution is 7.10. The summed E-state index contributed by atoms with van der Waals surface area (Å²) < 4.78 is 13.7. The van der Waals surface area contributed by atoms with Crippen LogP contribution in [0.25, 0.3) is 0 Å². The van der Waals surface area contributed by atoms with Crippen LogP contribution >= 0.6 is 11.3 Å². The molecule has 0 aliphatic heterocycles. The van der Waals surface area contributed by atoms with Crippen LogP contribution in [0.15, 0.2) is 41.8 Å². The third kappa shape index (κ3) is 4.65. The first-order valence-corrected chi connectivity index (χ1v) is 7.69. The standard InChI is InChI=1S/C16H18FNO2S/c1-11(9-12-5-2-3-6-13(12)17)18-14(10-16(19)20)15-7-4-8-21-15/h2-8,11,14,18H,9-10H2,1H3,(H,19,20). The minimum atomic E-state index is -0.848. The molecule has 2 N–H and O–H groups in total. The normalized spacial score (nSPS) is 13.8. The summed E-state index contributed by atoms with van der Waals surface area (Å²) in [6, 6.07) is 10.2. The number of carboxylic acid groups (broad SMARTS) is 1. The third-order valence-electron chi connectivity index (χ3n) is 3.24. The van der Waals surface area contributed by atoms with Crippen molar-refractivity contribution in [3.63, 3.8) is 0 Å². The van der Waals surface area contributed by atoms with Gasteiger partial charge < -0.3 is 10.4 Å². The van der Waals surface area contributed by atoms with Gasteiger partial charge in [0.2, 0.25) is 0 Å². The first-order chi connectivity index (χ1) is 10.1. The van der Waals surface area contributed by atoms with Gasteiger partial charge in [0, 0.05) is 10.9 Å². The number of carbonyl (C=O) groups is 1. The van der Waals surface area contributed by atoms with E-state index in [0.717, 1.165) is 4.88 Å². The van der Waals surface area contributed by atoms with Crippen molar-refractivity contribution in [2.75, 3.05) is 0 Å². The molecule has 21 heavy (non-hydrogen) atoms.